The van der Waals surface area contributed by atoms with Crippen LogP contribution in [0.2, 0.25) is 0 Å². The Bertz CT molecular complexity index is 459. The predicted octanol–water partition coefficient (Wildman–Crippen LogP) is 4.69. The molecular formula is C14H17FO. The first kappa shape index (κ1) is 11.2. The fraction of sp³-hybridized carbons (Fsp3) is 0.429. The minimum atomic E-state index is -0.191. The van der Waals surface area contributed by atoms with E-state index in [0.29, 0.717) is 0 Å². The molecule has 0 atom stereocenters. The van der Waals surface area contributed by atoms with E-state index in [1.54, 1.807) is 18.4 Å². The van der Waals surface area contributed by atoms with Crippen LogP contribution in [0.25, 0.3) is 11.0 Å². The second kappa shape index (κ2) is 5.15. The van der Waals surface area contributed by atoms with Crippen molar-refractivity contribution in [2.75, 3.05) is 0 Å². The third-order valence-corrected chi connectivity index (χ3v) is 2.92. The Balaban J connectivity index is 2.09. The summed E-state index contributed by atoms with van der Waals surface area (Å²) >= 11 is 0. The number of rotatable bonds is 5. The van der Waals surface area contributed by atoms with E-state index in [9.17, 15) is 4.39 Å². The maximum Gasteiger partial charge on any atom is 0.134 e. The first-order valence-corrected chi connectivity index (χ1v) is 5.97. The molecular weight excluding hydrogens is 203 g/mol. The average Bonchev–Trinajstić information content (AvgIpc) is 2.67. The van der Waals surface area contributed by atoms with Crippen molar-refractivity contribution in [1.29, 1.82) is 0 Å². The van der Waals surface area contributed by atoms with Gasteiger partial charge in [-0.2, -0.15) is 0 Å². The Labute approximate surface area is 95.3 Å². The molecule has 1 aromatic heterocycles. The van der Waals surface area contributed by atoms with Gasteiger partial charge in [0, 0.05) is 5.39 Å². The molecule has 0 saturated carbocycles. The van der Waals surface area contributed by atoms with Crippen LogP contribution in [0.15, 0.2) is 28.9 Å². The second-order valence-electron chi connectivity index (χ2n) is 4.21. The third-order valence-electron chi connectivity index (χ3n) is 2.92. The molecule has 1 aromatic carbocycles. The minimum absolute atomic E-state index is 0.191. The molecule has 1 nitrogen and oxygen atoms in total. The summed E-state index contributed by atoms with van der Waals surface area (Å²) in [6.45, 7) is 2.20. The lowest BCUT2D eigenvalue weighted by atomic mass is 10.1. The van der Waals surface area contributed by atoms with Crippen LogP contribution in [-0.4, -0.2) is 0 Å². The molecule has 0 saturated heterocycles. The summed E-state index contributed by atoms with van der Waals surface area (Å²) in [6.07, 6.45) is 7.63. The first-order valence-electron chi connectivity index (χ1n) is 5.97. The van der Waals surface area contributed by atoms with Gasteiger partial charge in [0.2, 0.25) is 0 Å². The highest BCUT2D eigenvalue weighted by Crippen LogP contribution is 2.23. The molecule has 86 valence electrons. The van der Waals surface area contributed by atoms with Gasteiger partial charge in [-0.25, -0.2) is 4.39 Å². The number of halogens is 1. The van der Waals surface area contributed by atoms with E-state index in [-0.39, 0.29) is 5.82 Å². The molecule has 0 radical (unpaired) electrons. The van der Waals surface area contributed by atoms with E-state index in [1.807, 2.05) is 0 Å². The van der Waals surface area contributed by atoms with Crippen molar-refractivity contribution >= 4 is 11.0 Å². The highest BCUT2D eigenvalue weighted by molar-refractivity contribution is 5.80. The molecule has 2 rings (SSSR count). The fourth-order valence-corrected chi connectivity index (χ4v) is 1.99. The predicted molar refractivity (Wildman–Crippen MR) is 64.0 cm³/mol. The van der Waals surface area contributed by atoms with Crippen LogP contribution in [0.1, 0.15) is 38.2 Å². The van der Waals surface area contributed by atoms with Crippen molar-refractivity contribution in [3.05, 3.63) is 35.8 Å². The first-order chi connectivity index (χ1) is 7.81. The molecule has 16 heavy (non-hydrogen) atoms. The molecule has 0 N–H and O–H groups in total. The quantitative estimate of drug-likeness (QED) is 0.666. The van der Waals surface area contributed by atoms with E-state index in [1.165, 1.54) is 25.3 Å². The van der Waals surface area contributed by atoms with Crippen LogP contribution >= 0.6 is 0 Å². The summed E-state index contributed by atoms with van der Waals surface area (Å²) in [7, 11) is 0. The van der Waals surface area contributed by atoms with E-state index < -0.39 is 0 Å². The van der Waals surface area contributed by atoms with Crippen LogP contribution in [0.5, 0.6) is 0 Å². The van der Waals surface area contributed by atoms with Crippen LogP contribution < -0.4 is 0 Å². The maximum absolute atomic E-state index is 13.1. The fourth-order valence-electron chi connectivity index (χ4n) is 1.99. The van der Waals surface area contributed by atoms with Gasteiger partial charge in [0.25, 0.3) is 0 Å². The zero-order chi connectivity index (χ0) is 11.4. The Morgan fingerprint density at radius 2 is 2.06 bits per heavy atom. The molecule has 0 amide bonds. The zero-order valence-electron chi connectivity index (χ0n) is 9.63. The third kappa shape index (κ3) is 2.43. The number of unbranched alkanes of at least 4 members (excludes halogenated alkanes) is 3. The SMILES string of the molecule is CCCCCCc1coc2ccc(F)cc12. The summed E-state index contributed by atoms with van der Waals surface area (Å²) in [5.74, 6) is -0.191. The highest BCUT2D eigenvalue weighted by atomic mass is 19.1. The minimum Gasteiger partial charge on any atom is -0.464 e. The lowest BCUT2D eigenvalue weighted by Gasteiger charge is -1.98. The summed E-state index contributed by atoms with van der Waals surface area (Å²) in [5, 5.41) is 0.927. The zero-order valence-corrected chi connectivity index (χ0v) is 9.63. The standard InChI is InChI=1S/C14H17FO/c1-2-3-4-5-6-11-10-16-14-8-7-12(15)9-13(11)14/h7-10H,2-6H2,1H3. The van der Waals surface area contributed by atoms with Crippen molar-refractivity contribution in [3.8, 4) is 0 Å². The molecule has 0 aliphatic carbocycles. The lowest BCUT2D eigenvalue weighted by molar-refractivity contribution is 0.601. The summed E-state index contributed by atoms with van der Waals surface area (Å²) in [5.41, 5.74) is 1.91. The van der Waals surface area contributed by atoms with E-state index in [2.05, 4.69) is 6.92 Å². The monoisotopic (exact) mass is 220 g/mol. The van der Waals surface area contributed by atoms with Gasteiger partial charge in [0.1, 0.15) is 11.4 Å². The largest absolute Gasteiger partial charge is 0.464 e. The number of fused-ring (bicyclic) bond motifs is 1. The Morgan fingerprint density at radius 3 is 2.88 bits per heavy atom. The van der Waals surface area contributed by atoms with Gasteiger partial charge in [-0.1, -0.05) is 26.2 Å². The number of benzene rings is 1. The molecule has 0 aliphatic rings. The van der Waals surface area contributed by atoms with Crippen molar-refractivity contribution in [1.82, 2.24) is 0 Å². The van der Waals surface area contributed by atoms with Crippen molar-refractivity contribution in [2.24, 2.45) is 0 Å². The molecule has 0 aliphatic heterocycles. The van der Waals surface area contributed by atoms with E-state index in [4.69, 9.17) is 4.42 Å². The van der Waals surface area contributed by atoms with E-state index >= 15 is 0 Å². The summed E-state index contributed by atoms with van der Waals surface area (Å²) in [6, 6.07) is 4.70. The van der Waals surface area contributed by atoms with Gasteiger partial charge >= 0.3 is 0 Å². The molecule has 0 unspecified atom stereocenters. The van der Waals surface area contributed by atoms with Crippen LogP contribution in [-0.2, 0) is 6.42 Å². The van der Waals surface area contributed by atoms with Crippen molar-refractivity contribution < 1.29 is 8.81 Å². The van der Waals surface area contributed by atoms with E-state index in [0.717, 1.165) is 29.4 Å². The van der Waals surface area contributed by atoms with Gasteiger partial charge in [0.05, 0.1) is 6.26 Å². The molecule has 0 spiro atoms. The Morgan fingerprint density at radius 1 is 1.19 bits per heavy atom. The van der Waals surface area contributed by atoms with Crippen molar-refractivity contribution in [2.45, 2.75) is 39.0 Å². The molecule has 0 bridgehead atoms. The number of hydrogen-bond donors (Lipinski definition) is 0. The normalized spacial score (nSPS) is 11.1. The summed E-state index contributed by atoms with van der Waals surface area (Å²) < 4.78 is 18.5. The van der Waals surface area contributed by atoms with Crippen molar-refractivity contribution in [3.63, 3.8) is 0 Å². The smallest absolute Gasteiger partial charge is 0.134 e. The van der Waals surface area contributed by atoms with Gasteiger partial charge in [-0.15, -0.1) is 0 Å². The highest BCUT2D eigenvalue weighted by Gasteiger charge is 2.06. The van der Waals surface area contributed by atoms with Gasteiger partial charge in [0.15, 0.2) is 0 Å². The van der Waals surface area contributed by atoms with Gasteiger partial charge < -0.3 is 4.42 Å². The topological polar surface area (TPSA) is 13.1 Å². The Hall–Kier alpha value is -1.31. The average molecular weight is 220 g/mol. The molecule has 1 heterocycles. The second-order valence-corrected chi connectivity index (χ2v) is 4.21. The number of aryl methyl sites for hydroxylation is 1. The lowest BCUT2D eigenvalue weighted by Crippen LogP contribution is -1.84. The summed E-state index contributed by atoms with van der Waals surface area (Å²) in [4.78, 5) is 0. The molecule has 0 fully saturated rings. The number of furan rings is 1. The molecule has 2 aromatic rings. The molecule has 2 heteroatoms. The number of hydrogen-bond acceptors (Lipinski definition) is 1. The van der Waals surface area contributed by atoms with Gasteiger partial charge in [-0.3, -0.25) is 0 Å². The van der Waals surface area contributed by atoms with Crippen LogP contribution in [0.4, 0.5) is 4.39 Å². The maximum atomic E-state index is 13.1. The Kier molecular flexibility index (Phi) is 3.60. The van der Waals surface area contributed by atoms with Crippen LogP contribution in [0, 0.1) is 5.82 Å². The van der Waals surface area contributed by atoms with Crippen LogP contribution in [0.3, 0.4) is 0 Å². The van der Waals surface area contributed by atoms with Gasteiger partial charge in [-0.05, 0) is 36.6 Å².